The zero-order valence-corrected chi connectivity index (χ0v) is 23.5. The average molecular weight is 575 g/mol. The molecule has 3 aromatic rings. The van der Waals surface area contributed by atoms with Gasteiger partial charge in [-0.1, -0.05) is 29.8 Å². The van der Waals surface area contributed by atoms with Crippen molar-refractivity contribution in [2.45, 2.75) is 25.4 Å². The quantitative estimate of drug-likeness (QED) is 0.177. The molecule has 1 aromatic heterocycles. The lowest BCUT2D eigenvalue weighted by molar-refractivity contribution is 0.193. The molecule has 0 amide bonds. The molecule has 1 aliphatic rings. The van der Waals surface area contributed by atoms with Gasteiger partial charge in [0.1, 0.15) is 10.8 Å². The molecule has 2 aromatic carbocycles. The molecule has 1 aliphatic heterocycles. The maximum atomic E-state index is 10.9. The van der Waals surface area contributed by atoms with Gasteiger partial charge in [0.15, 0.2) is 5.82 Å². The zero-order valence-electron chi connectivity index (χ0n) is 21.9. The van der Waals surface area contributed by atoms with Crippen molar-refractivity contribution >= 4 is 51.7 Å². The number of nitrogens with zero attached hydrogens (tertiary/aromatic N) is 3. The van der Waals surface area contributed by atoms with Gasteiger partial charge in [0, 0.05) is 68.0 Å². The van der Waals surface area contributed by atoms with Crippen molar-refractivity contribution in [2.24, 2.45) is 0 Å². The zero-order chi connectivity index (χ0) is 27.6. The van der Waals surface area contributed by atoms with Gasteiger partial charge in [0.05, 0.1) is 25.6 Å². The van der Waals surface area contributed by atoms with Crippen molar-refractivity contribution < 1.29 is 18.2 Å². The summed E-state index contributed by atoms with van der Waals surface area (Å²) in [6.45, 7) is 3.62. The Balaban J connectivity index is 1.44. The van der Waals surface area contributed by atoms with Crippen molar-refractivity contribution in [3.8, 4) is 5.75 Å². The molecule has 210 valence electrons. The van der Waals surface area contributed by atoms with E-state index in [1.54, 1.807) is 14.2 Å². The van der Waals surface area contributed by atoms with Crippen LogP contribution in [0.25, 0.3) is 0 Å². The molecule has 1 atom stereocenters. The van der Waals surface area contributed by atoms with Crippen LogP contribution in [0.3, 0.4) is 0 Å². The Bertz CT molecular complexity index is 1260. The Labute approximate surface area is 236 Å². The highest BCUT2D eigenvalue weighted by molar-refractivity contribution is 7.77. The first-order chi connectivity index (χ1) is 19.0. The molecule has 39 heavy (non-hydrogen) atoms. The van der Waals surface area contributed by atoms with Crippen LogP contribution in [-0.2, 0) is 22.5 Å². The van der Waals surface area contributed by atoms with E-state index in [1.807, 2.05) is 36.4 Å². The lowest BCUT2D eigenvalue weighted by atomic mass is 10.0. The number of para-hydroxylation sites is 1. The minimum atomic E-state index is -2.37. The number of aromatic nitrogens is 2. The number of anilines is 5. The standard InChI is InChI=1S/C26H34ClN7O4S/c1-37-14-11-28-19-9-12-34(13-10-19)20-7-8-23(24(15-20)38-2)32-26-29-17-21(27)25(33-26)31-22-6-4-3-5-18(22)16-30-39(35)36/h3-8,15,17,19,28,30H,9-14,16H2,1-2H3,(H,35,36)(H2,29,31,32,33)/p-1. The molecule has 1 unspecified atom stereocenters. The maximum Gasteiger partial charge on any atom is 0.229 e. The number of ether oxygens (including phenoxy) is 2. The van der Waals surface area contributed by atoms with Gasteiger partial charge in [0.2, 0.25) is 5.95 Å². The van der Waals surface area contributed by atoms with Crippen molar-refractivity contribution in [1.29, 1.82) is 0 Å². The van der Waals surface area contributed by atoms with E-state index >= 15 is 0 Å². The third kappa shape index (κ3) is 8.24. The van der Waals surface area contributed by atoms with E-state index < -0.39 is 11.3 Å². The summed E-state index contributed by atoms with van der Waals surface area (Å²) in [6, 6.07) is 13.8. The Morgan fingerprint density at radius 1 is 1.13 bits per heavy atom. The van der Waals surface area contributed by atoms with Crippen LogP contribution in [-0.4, -0.2) is 65.2 Å². The van der Waals surface area contributed by atoms with Gasteiger partial charge in [-0.2, -0.15) is 4.98 Å². The third-order valence-electron chi connectivity index (χ3n) is 6.43. The molecular formula is C26H33ClN7O4S-. The minimum absolute atomic E-state index is 0.124. The van der Waals surface area contributed by atoms with E-state index in [0.29, 0.717) is 40.0 Å². The summed E-state index contributed by atoms with van der Waals surface area (Å²) in [5.74, 6) is 1.37. The number of rotatable bonds is 13. The summed E-state index contributed by atoms with van der Waals surface area (Å²) in [6.07, 6.45) is 3.63. The topological polar surface area (TPSA) is 136 Å². The molecule has 0 radical (unpaired) electrons. The Kier molecular flexibility index (Phi) is 10.7. The minimum Gasteiger partial charge on any atom is -0.760 e. The monoisotopic (exact) mass is 574 g/mol. The van der Waals surface area contributed by atoms with Crippen LogP contribution >= 0.6 is 11.6 Å². The molecule has 0 aliphatic carbocycles. The first-order valence-electron chi connectivity index (χ1n) is 12.6. The number of benzene rings is 2. The van der Waals surface area contributed by atoms with Gasteiger partial charge in [0.25, 0.3) is 0 Å². The first kappa shape index (κ1) is 29.0. The van der Waals surface area contributed by atoms with E-state index in [1.165, 1.54) is 6.20 Å². The number of halogens is 1. The summed E-state index contributed by atoms with van der Waals surface area (Å²) in [7, 11) is 3.35. The van der Waals surface area contributed by atoms with Gasteiger partial charge < -0.3 is 34.9 Å². The van der Waals surface area contributed by atoms with Crippen molar-refractivity contribution in [3.63, 3.8) is 0 Å². The highest BCUT2D eigenvalue weighted by Crippen LogP contribution is 2.33. The SMILES string of the molecule is COCCNC1CCN(c2ccc(Nc3ncc(Cl)c(Nc4ccccc4CNS(=O)[O-])n3)c(OC)c2)CC1. The molecule has 1 saturated heterocycles. The van der Waals surface area contributed by atoms with Crippen molar-refractivity contribution in [3.05, 3.63) is 59.2 Å². The number of piperidine rings is 1. The predicted octanol–water partition coefficient (Wildman–Crippen LogP) is 3.71. The normalized spacial score (nSPS) is 14.7. The summed E-state index contributed by atoms with van der Waals surface area (Å²) < 4.78 is 35.0. The van der Waals surface area contributed by atoms with E-state index in [-0.39, 0.29) is 6.54 Å². The lowest BCUT2D eigenvalue weighted by Gasteiger charge is -2.34. The second-order valence-electron chi connectivity index (χ2n) is 8.95. The molecule has 4 rings (SSSR count). The van der Waals surface area contributed by atoms with Crippen LogP contribution in [0.5, 0.6) is 5.75 Å². The van der Waals surface area contributed by atoms with Crippen molar-refractivity contribution in [2.75, 3.05) is 56.0 Å². The number of nitrogens with one attached hydrogen (secondary N) is 4. The van der Waals surface area contributed by atoms with Gasteiger partial charge in [-0.15, -0.1) is 0 Å². The summed E-state index contributed by atoms with van der Waals surface area (Å²) in [5, 5.41) is 10.3. The largest absolute Gasteiger partial charge is 0.760 e. The Morgan fingerprint density at radius 3 is 2.67 bits per heavy atom. The molecule has 2 heterocycles. The molecule has 11 nitrogen and oxygen atoms in total. The predicted molar refractivity (Wildman–Crippen MR) is 154 cm³/mol. The summed E-state index contributed by atoms with van der Waals surface area (Å²) >= 11 is 4.00. The van der Waals surface area contributed by atoms with Gasteiger partial charge in [-0.05, 0) is 36.6 Å². The molecule has 13 heteroatoms. The fourth-order valence-corrected chi connectivity index (χ4v) is 4.79. The van der Waals surface area contributed by atoms with E-state index in [9.17, 15) is 8.76 Å². The molecular weight excluding hydrogens is 542 g/mol. The molecule has 0 saturated carbocycles. The summed E-state index contributed by atoms with van der Waals surface area (Å²) in [4.78, 5) is 11.2. The van der Waals surface area contributed by atoms with Gasteiger partial charge in [-0.25, -0.2) is 9.71 Å². The van der Waals surface area contributed by atoms with Gasteiger partial charge in [-0.3, -0.25) is 4.21 Å². The third-order valence-corrected chi connectivity index (χ3v) is 7.08. The second-order valence-corrected chi connectivity index (χ2v) is 10.1. The maximum absolute atomic E-state index is 10.9. The van der Waals surface area contributed by atoms with Gasteiger partial charge >= 0.3 is 0 Å². The van der Waals surface area contributed by atoms with E-state index in [0.717, 1.165) is 50.3 Å². The van der Waals surface area contributed by atoms with E-state index in [4.69, 9.17) is 21.1 Å². The van der Waals surface area contributed by atoms with Crippen LogP contribution in [0.1, 0.15) is 18.4 Å². The highest BCUT2D eigenvalue weighted by atomic mass is 35.5. The molecule has 1 fully saturated rings. The van der Waals surface area contributed by atoms with Crippen LogP contribution in [0.4, 0.5) is 28.8 Å². The highest BCUT2D eigenvalue weighted by Gasteiger charge is 2.20. The molecule has 0 bridgehead atoms. The average Bonchev–Trinajstić information content (AvgIpc) is 2.95. The smallest absolute Gasteiger partial charge is 0.229 e. The van der Waals surface area contributed by atoms with Crippen molar-refractivity contribution in [1.82, 2.24) is 20.0 Å². The Morgan fingerprint density at radius 2 is 1.92 bits per heavy atom. The number of methoxy groups -OCH3 is 2. The van der Waals surface area contributed by atoms with E-state index in [2.05, 4.69) is 41.6 Å². The molecule has 0 spiro atoms. The number of hydrogen-bond acceptors (Lipinski definition) is 10. The fourth-order valence-electron chi connectivity index (χ4n) is 4.38. The van der Waals surface area contributed by atoms with Crippen LogP contribution in [0.2, 0.25) is 5.02 Å². The second kappa shape index (κ2) is 14.4. The van der Waals surface area contributed by atoms with Crippen LogP contribution in [0, 0.1) is 0 Å². The summed E-state index contributed by atoms with van der Waals surface area (Å²) in [5.41, 5.74) is 3.21. The molecule has 4 N–H and O–H groups in total. The fraction of sp³-hybridized carbons (Fsp3) is 0.385. The number of hydrogen-bond donors (Lipinski definition) is 4. The first-order valence-corrected chi connectivity index (χ1v) is 14.0. The Hall–Kier alpha value is -3.00. The lowest BCUT2D eigenvalue weighted by Crippen LogP contribution is -2.43. The van der Waals surface area contributed by atoms with Crippen LogP contribution < -0.4 is 30.3 Å². The van der Waals surface area contributed by atoms with Crippen LogP contribution in [0.15, 0.2) is 48.7 Å².